The second kappa shape index (κ2) is 3.53. The molecule has 2 heterocycles. The van der Waals surface area contributed by atoms with Gasteiger partial charge in [-0.05, 0) is 25.0 Å². The smallest absolute Gasteiger partial charge is 0.202 e. The van der Waals surface area contributed by atoms with Crippen LogP contribution in [-0.2, 0) is 6.54 Å². The molecule has 4 heteroatoms. The van der Waals surface area contributed by atoms with Crippen LogP contribution in [0.3, 0.4) is 0 Å². The fourth-order valence-electron chi connectivity index (χ4n) is 1.66. The van der Waals surface area contributed by atoms with Crippen LogP contribution in [0.1, 0.15) is 19.5 Å². The number of fused-ring (bicyclic) bond motifs is 1. The van der Waals surface area contributed by atoms with Crippen molar-refractivity contribution >= 4 is 17.1 Å². The van der Waals surface area contributed by atoms with Gasteiger partial charge in [0.1, 0.15) is 5.52 Å². The number of pyridine rings is 1. The Bertz CT molecular complexity index is 485. The summed E-state index contributed by atoms with van der Waals surface area (Å²) in [6.45, 7) is 7.14. The quantitative estimate of drug-likeness (QED) is 0.813. The van der Waals surface area contributed by atoms with Crippen LogP contribution in [-0.4, -0.2) is 14.5 Å². The minimum absolute atomic E-state index is 0.534. The highest BCUT2D eigenvalue weighted by atomic mass is 15.2. The van der Waals surface area contributed by atoms with Gasteiger partial charge in [-0.15, -0.1) is 0 Å². The molecule has 0 aliphatic rings. The predicted octanol–water partition coefficient (Wildman–Crippen LogP) is 1.98. The van der Waals surface area contributed by atoms with Gasteiger partial charge in [0, 0.05) is 12.2 Å². The first kappa shape index (κ1) is 9.96. The van der Waals surface area contributed by atoms with Gasteiger partial charge in [-0.1, -0.05) is 13.8 Å². The summed E-state index contributed by atoms with van der Waals surface area (Å²) in [5.74, 6) is 1.09. The SMILES string of the molecule is Cc1ccc2nc(N)n(CC(C)C)c2n1. The molecule has 0 amide bonds. The Balaban J connectivity index is 2.60. The molecule has 2 rings (SSSR count). The molecule has 15 heavy (non-hydrogen) atoms. The van der Waals surface area contributed by atoms with E-state index in [9.17, 15) is 0 Å². The monoisotopic (exact) mass is 204 g/mol. The van der Waals surface area contributed by atoms with Crippen molar-refractivity contribution in [2.24, 2.45) is 5.92 Å². The van der Waals surface area contributed by atoms with E-state index in [1.54, 1.807) is 0 Å². The van der Waals surface area contributed by atoms with Crippen molar-refractivity contribution in [1.29, 1.82) is 0 Å². The summed E-state index contributed by atoms with van der Waals surface area (Å²) in [7, 11) is 0. The van der Waals surface area contributed by atoms with Crippen molar-refractivity contribution in [2.45, 2.75) is 27.3 Å². The first-order valence-corrected chi connectivity index (χ1v) is 5.17. The summed E-state index contributed by atoms with van der Waals surface area (Å²) in [4.78, 5) is 8.76. The van der Waals surface area contributed by atoms with E-state index in [1.165, 1.54) is 0 Å². The highest BCUT2D eigenvalue weighted by molar-refractivity contribution is 5.74. The second-order valence-corrected chi connectivity index (χ2v) is 4.27. The van der Waals surface area contributed by atoms with Crippen LogP contribution in [0.25, 0.3) is 11.2 Å². The molecule has 2 aromatic rings. The first-order chi connectivity index (χ1) is 7.08. The van der Waals surface area contributed by atoms with Crippen LogP contribution in [0.4, 0.5) is 5.95 Å². The van der Waals surface area contributed by atoms with Gasteiger partial charge in [-0.2, -0.15) is 0 Å². The van der Waals surface area contributed by atoms with Crippen LogP contribution < -0.4 is 5.73 Å². The zero-order chi connectivity index (χ0) is 11.0. The molecule has 0 aliphatic carbocycles. The highest BCUT2D eigenvalue weighted by Gasteiger charge is 2.10. The van der Waals surface area contributed by atoms with E-state index in [0.29, 0.717) is 11.9 Å². The minimum Gasteiger partial charge on any atom is -0.369 e. The van der Waals surface area contributed by atoms with E-state index in [0.717, 1.165) is 23.4 Å². The topological polar surface area (TPSA) is 56.7 Å². The van der Waals surface area contributed by atoms with Crippen molar-refractivity contribution < 1.29 is 0 Å². The molecule has 0 atom stereocenters. The molecular weight excluding hydrogens is 188 g/mol. The van der Waals surface area contributed by atoms with Gasteiger partial charge in [0.05, 0.1) is 0 Å². The summed E-state index contributed by atoms with van der Waals surface area (Å²) in [5.41, 5.74) is 8.62. The molecule has 0 radical (unpaired) electrons. The molecule has 0 saturated heterocycles. The minimum atomic E-state index is 0.534. The van der Waals surface area contributed by atoms with Gasteiger partial charge >= 0.3 is 0 Å². The maximum absolute atomic E-state index is 5.86. The fourth-order valence-corrected chi connectivity index (χ4v) is 1.66. The number of nitrogens with zero attached hydrogens (tertiary/aromatic N) is 3. The number of nitrogen functional groups attached to an aromatic ring is 1. The zero-order valence-electron chi connectivity index (χ0n) is 9.36. The molecule has 0 fully saturated rings. The zero-order valence-corrected chi connectivity index (χ0v) is 9.36. The molecule has 0 spiro atoms. The molecule has 2 N–H and O–H groups in total. The average Bonchev–Trinajstić information content (AvgIpc) is 2.43. The maximum atomic E-state index is 5.86. The third-order valence-corrected chi connectivity index (χ3v) is 2.31. The van der Waals surface area contributed by atoms with E-state index in [2.05, 4.69) is 23.8 Å². The van der Waals surface area contributed by atoms with Crippen LogP contribution in [0.15, 0.2) is 12.1 Å². The summed E-state index contributed by atoms with van der Waals surface area (Å²) in [6, 6.07) is 3.92. The predicted molar refractivity (Wildman–Crippen MR) is 61.5 cm³/mol. The van der Waals surface area contributed by atoms with E-state index in [4.69, 9.17) is 5.73 Å². The summed E-state index contributed by atoms with van der Waals surface area (Å²) in [5, 5.41) is 0. The van der Waals surface area contributed by atoms with Crippen molar-refractivity contribution in [1.82, 2.24) is 14.5 Å². The third kappa shape index (κ3) is 1.79. The Morgan fingerprint density at radius 3 is 2.73 bits per heavy atom. The molecule has 0 aromatic carbocycles. The van der Waals surface area contributed by atoms with Crippen molar-refractivity contribution in [3.63, 3.8) is 0 Å². The molecular formula is C11H16N4. The average molecular weight is 204 g/mol. The second-order valence-electron chi connectivity index (χ2n) is 4.27. The number of nitrogens with two attached hydrogens (primary N) is 1. The number of hydrogen-bond donors (Lipinski definition) is 1. The molecule has 4 nitrogen and oxygen atoms in total. The van der Waals surface area contributed by atoms with Gasteiger partial charge in [0.25, 0.3) is 0 Å². The van der Waals surface area contributed by atoms with Crippen molar-refractivity contribution in [3.05, 3.63) is 17.8 Å². The Morgan fingerprint density at radius 2 is 2.07 bits per heavy atom. The van der Waals surface area contributed by atoms with Gasteiger partial charge in [0.2, 0.25) is 5.95 Å². The number of rotatable bonds is 2. The van der Waals surface area contributed by atoms with Crippen LogP contribution in [0, 0.1) is 12.8 Å². The Hall–Kier alpha value is -1.58. The number of anilines is 1. The number of hydrogen-bond acceptors (Lipinski definition) is 3. The number of imidazole rings is 1. The lowest BCUT2D eigenvalue weighted by Crippen LogP contribution is -2.08. The van der Waals surface area contributed by atoms with E-state index < -0.39 is 0 Å². The standard InChI is InChI=1S/C11H16N4/c1-7(2)6-15-10-9(14-11(15)12)5-4-8(3)13-10/h4-5,7H,6H2,1-3H3,(H2,12,14). The van der Waals surface area contributed by atoms with Crippen molar-refractivity contribution in [2.75, 3.05) is 5.73 Å². The summed E-state index contributed by atoms with van der Waals surface area (Å²) < 4.78 is 1.98. The largest absolute Gasteiger partial charge is 0.369 e. The van der Waals surface area contributed by atoms with Crippen molar-refractivity contribution in [3.8, 4) is 0 Å². The molecule has 80 valence electrons. The lowest BCUT2D eigenvalue weighted by molar-refractivity contribution is 0.535. The molecule has 0 saturated carbocycles. The number of aryl methyl sites for hydroxylation is 1. The van der Waals surface area contributed by atoms with Crippen LogP contribution in [0.2, 0.25) is 0 Å². The van der Waals surface area contributed by atoms with E-state index in [-0.39, 0.29) is 0 Å². The first-order valence-electron chi connectivity index (χ1n) is 5.17. The van der Waals surface area contributed by atoms with Crippen LogP contribution in [0.5, 0.6) is 0 Å². The normalized spacial score (nSPS) is 11.5. The fraction of sp³-hybridized carbons (Fsp3) is 0.455. The van der Waals surface area contributed by atoms with E-state index >= 15 is 0 Å². The van der Waals surface area contributed by atoms with Gasteiger partial charge in [-0.3, -0.25) is 4.57 Å². The van der Waals surface area contributed by atoms with Gasteiger partial charge < -0.3 is 5.73 Å². The molecule has 2 aromatic heterocycles. The Kier molecular flexibility index (Phi) is 2.34. The third-order valence-electron chi connectivity index (χ3n) is 2.31. The highest BCUT2D eigenvalue weighted by Crippen LogP contribution is 2.17. The van der Waals surface area contributed by atoms with Gasteiger partial charge in [-0.25, -0.2) is 9.97 Å². The Labute approximate surface area is 89.1 Å². The van der Waals surface area contributed by atoms with Crippen LogP contribution >= 0.6 is 0 Å². The summed E-state index contributed by atoms with van der Waals surface area (Å²) in [6.07, 6.45) is 0. The summed E-state index contributed by atoms with van der Waals surface area (Å²) >= 11 is 0. The number of aromatic nitrogens is 3. The lowest BCUT2D eigenvalue weighted by Gasteiger charge is -2.08. The molecule has 0 unspecified atom stereocenters. The lowest BCUT2D eigenvalue weighted by atomic mass is 10.2. The maximum Gasteiger partial charge on any atom is 0.202 e. The molecule has 0 bridgehead atoms. The molecule has 0 aliphatic heterocycles. The van der Waals surface area contributed by atoms with E-state index in [1.807, 2.05) is 23.6 Å². The van der Waals surface area contributed by atoms with Gasteiger partial charge in [0.15, 0.2) is 5.65 Å². The Morgan fingerprint density at radius 1 is 1.33 bits per heavy atom.